The molecule has 0 aliphatic carbocycles. The number of aryl methyl sites for hydroxylation is 1. The summed E-state index contributed by atoms with van der Waals surface area (Å²) in [5.41, 5.74) is 3.00. The van der Waals surface area contributed by atoms with Crippen LogP contribution in [0.1, 0.15) is 22.7 Å². The van der Waals surface area contributed by atoms with Crippen LogP contribution in [0.4, 0.5) is 4.39 Å². The van der Waals surface area contributed by atoms with Crippen molar-refractivity contribution in [3.8, 4) is 28.3 Å². The molecule has 0 amide bonds. The molecule has 0 unspecified atom stereocenters. The number of benzene rings is 2. The highest BCUT2D eigenvalue weighted by Gasteiger charge is 2.19. The Labute approximate surface area is 184 Å². The first-order valence-corrected chi connectivity index (χ1v) is 10.2. The fourth-order valence-electron chi connectivity index (χ4n) is 2.69. The fraction of sp³-hybridized carbons (Fsp3) is 0.100. The molecule has 0 saturated carbocycles. The SMILES string of the molecule is Cc1ncsc1-c1nnc(Cc2ccc(Cl)c(Oc3cc(Cl)cc(C#N)c3)c2F)o1. The topological polar surface area (TPSA) is 84.8 Å². The van der Waals surface area contributed by atoms with E-state index in [-0.39, 0.29) is 45.0 Å². The van der Waals surface area contributed by atoms with Gasteiger partial charge in [0.05, 0.1) is 34.3 Å². The van der Waals surface area contributed by atoms with Gasteiger partial charge in [-0.05, 0) is 31.2 Å². The van der Waals surface area contributed by atoms with Crippen LogP contribution in [-0.4, -0.2) is 15.2 Å². The van der Waals surface area contributed by atoms with Gasteiger partial charge in [-0.15, -0.1) is 21.5 Å². The third-order valence-electron chi connectivity index (χ3n) is 4.10. The number of ether oxygens (including phenoxy) is 1. The molecule has 0 radical (unpaired) electrons. The first kappa shape index (κ1) is 20.3. The molecule has 4 aromatic rings. The highest BCUT2D eigenvalue weighted by molar-refractivity contribution is 7.13. The van der Waals surface area contributed by atoms with Gasteiger partial charge in [0.2, 0.25) is 5.89 Å². The van der Waals surface area contributed by atoms with Crippen LogP contribution in [0, 0.1) is 24.1 Å². The zero-order chi connectivity index (χ0) is 21.3. The van der Waals surface area contributed by atoms with E-state index in [9.17, 15) is 0 Å². The quantitative estimate of drug-likeness (QED) is 0.352. The molecular weight excluding hydrogens is 450 g/mol. The zero-order valence-corrected chi connectivity index (χ0v) is 17.6. The summed E-state index contributed by atoms with van der Waals surface area (Å²) >= 11 is 13.5. The van der Waals surface area contributed by atoms with Gasteiger partial charge in [0.15, 0.2) is 11.6 Å². The third kappa shape index (κ3) is 4.14. The molecule has 0 spiro atoms. The van der Waals surface area contributed by atoms with E-state index in [1.807, 2.05) is 13.0 Å². The molecule has 0 aliphatic heterocycles. The lowest BCUT2D eigenvalue weighted by Crippen LogP contribution is -1.98. The van der Waals surface area contributed by atoms with Crippen molar-refractivity contribution in [2.75, 3.05) is 0 Å². The molecule has 0 fully saturated rings. The second-order valence-corrected chi connectivity index (χ2v) is 7.88. The molecule has 2 aromatic heterocycles. The maximum atomic E-state index is 15.1. The molecule has 4 rings (SSSR count). The van der Waals surface area contributed by atoms with Crippen LogP contribution in [0.5, 0.6) is 11.5 Å². The number of thiazole rings is 1. The number of halogens is 3. The first-order chi connectivity index (χ1) is 14.4. The maximum Gasteiger partial charge on any atom is 0.259 e. The van der Waals surface area contributed by atoms with Gasteiger partial charge in [0, 0.05) is 10.6 Å². The minimum atomic E-state index is -0.672. The van der Waals surface area contributed by atoms with Gasteiger partial charge >= 0.3 is 0 Å². The van der Waals surface area contributed by atoms with Crippen molar-refractivity contribution in [2.45, 2.75) is 13.3 Å². The fourth-order valence-corrected chi connectivity index (χ4v) is 3.83. The smallest absolute Gasteiger partial charge is 0.259 e. The summed E-state index contributed by atoms with van der Waals surface area (Å²) in [6, 6.07) is 9.37. The number of nitrogens with zero attached hydrogens (tertiary/aromatic N) is 4. The molecule has 10 heteroatoms. The Bertz CT molecular complexity index is 1280. The molecule has 2 heterocycles. The van der Waals surface area contributed by atoms with Gasteiger partial charge in [-0.3, -0.25) is 0 Å². The molecule has 150 valence electrons. The number of hydrogen-bond donors (Lipinski definition) is 0. The van der Waals surface area contributed by atoms with Gasteiger partial charge in [-0.2, -0.15) is 5.26 Å². The van der Waals surface area contributed by atoms with Crippen LogP contribution in [-0.2, 0) is 6.42 Å². The molecule has 30 heavy (non-hydrogen) atoms. The van der Waals surface area contributed by atoms with Crippen LogP contribution in [0.2, 0.25) is 10.0 Å². The Morgan fingerprint density at radius 1 is 1.23 bits per heavy atom. The molecule has 0 atom stereocenters. The molecule has 2 aromatic carbocycles. The predicted octanol–water partition coefficient (Wildman–Crippen LogP) is 6.20. The number of rotatable bonds is 5. The Balaban J connectivity index is 1.62. The van der Waals surface area contributed by atoms with Crippen LogP contribution >= 0.6 is 34.5 Å². The van der Waals surface area contributed by atoms with Crippen molar-refractivity contribution < 1.29 is 13.5 Å². The summed E-state index contributed by atoms with van der Waals surface area (Å²) in [5, 5.41) is 17.4. The summed E-state index contributed by atoms with van der Waals surface area (Å²) < 4.78 is 26.4. The summed E-state index contributed by atoms with van der Waals surface area (Å²) in [6.45, 7) is 1.84. The normalized spacial score (nSPS) is 10.8. The van der Waals surface area contributed by atoms with Crippen molar-refractivity contribution in [2.24, 2.45) is 0 Å². The Morgan fingerprint density at radius 2 is 2.07 bits per heavy atom. The molecule has 0 aliphatic rings. The number of aromatic nitrogens is 3. The molecular formula is C20H11Cl2FN4O2S. The average molecular weight is 461 g/mol. The minimum absolute atomic E-state index is 0.0448. The Kier molecular flexibility index (Phi) is 5.68. The third-order valence-corrected chi connectivity index (χ3v) is 5.53. The van der Waals surface area contributed by atoms with Gasteiger partial charge in [0.1, 0.15) is 10.6 Å². The van der Waals surface area contributed by atoms with Gasteiger partial charge in [-0.1, -0.05) is 29.3 Å². The standard InChI is InChI=1S/C20H11Cl2FN4O2S/c1-10-19(30-9-25-10)20-27-26-16(29-20)6-12-2-3-15(22)18(17(12)23)28-14-5-11(8-24)4-13(21)7-14/h2-5,7,9H,6H2,1H3. The van der Waals surface area contributed by atoms with Crippen LogP contribution in [0.15, 0.2) is 40.3 Å². The van der Waals surface area contributed by atoms with Gasteiger partial charge < -0.3 is 9.15 Å². The van der Waals surface area contributed by atoms with Gasteiger partial charge in [0.25, 0.3) is 5.89 Å². The van der Waals surface area contributed by atoms with E-state index >= 15 is 4.39 Å². The lowest BCUT2D eigenvalue weighted by Gasteiger charge is -2.11. The van der Waals surface area contributed by atoms with E-state index < -0.39 is 5.82 Å². The molecule has 6 nitrogen and oxygen atoms in total. The van der Waals surface area contributed by atoms with E-state index in [4.69, 9.17) is 37.6 Å². The Hall–Kier alpha value is -2.99. The lowest BCUT2D eigenvalue weighted by atomic mass is 10.1. The molecule has 0 bridgehead atoms. The Morgan fingerprint density at radius 3 is 2.80 bits per heavy atom. The number of nitriles is 1. The van der Waals surface area contributed by atoms with E-state index in [0.29, 0.717) is 5.89 Å². The second kappa shape index (κ2) is 8.40. The van der Waals surface area contributed by atoms with E-state index in [1.165, 1.54) is 41.7 Å². The summed E-state index contributed by atoms with van der Waals surface area (Å²) in [4.78, 5) is 4.92. The zero-order valence-electron chi connectivity index (χ0n) is 15.3. The maximum absolute atomic E-state index is 15.1. The minimum Gasteiger partial charge on any atom is -0.453 e. The summed E-state index contributed by atoms with van der Waals surface area (Å²) in [5.74, 6) is -0.0934. The largest absolute Gasteiger partial charge is 0.453 e. The monoisotopic (exact) mass is 460 g/mol. The molecule has 0 N–H and O–H groups in total. The highest BCUT2D eigenvalue weighted by Crippen LogP contribution is 2.36. The molecule has 0 saturated heterocycles. The second-order valence-electron chi connectivity index (χ2n) is 6.18. The van der Waals surface area contributed by atoms with Crippen molar-refractivity contribution in [3.05, 3.63) is 74.4 Å². The van der Waals surface area contributed by atoms with E-state index in [1.54, 1.807) is 5.51 Å². The highest BCUT2D eigenvalue weighted by atomic mass is 35.5. The van der Waals surface area contributed by atoms with E-state index in [2.05, 4.69) is 15.2 Å². The van der Waals surface area contributed by atoms with Crippen molar-refractivity contribution in [1.29, 1.82) is 5.26 Å². The predicted molar refractivity (Wildman–Crippen MR) is 111 cm³/mol. The van der Waals surface area contributed by atoms with Crippen molar-refractivity contribution >= 4 is 34.5 Å². The first-order valence-electron chi connectivity index (χ1n) is 8.53. The van der Waals surface area contributed by atoms with Crippen LogP contribution in [0.25, 0.3) is 10.8 Å². The van der Waals surface area contributed by atoms with Crippen molar-refractivity contribution in [3.63, 3.8) is 0 Å². The van der Waals surface area contributed by atoms with Crippen LogP contribution < -0.4 is 4.74 Å². The van der Waals surface area contributed by atoms with Crippen molar-refractivity contribution in [1.82, 2.24) is 15.2 Å². The van der Waals surface area contributed by atoms with Crippen LogP contribution in [0.3, 0.4) is 0 Å². The average Bonchev–Trinajstić information content (AvgIpc) is 3.35. The summed E-state index contributed by atoms with van der Waals surface area (Å²) in [6.07, 6.45) is 0.0448. The van der Waals surface area contributed by atoms with E-state index in [0.717, 1.165) is 10.6 Å². The number of hydrogen-bond acceptors (Lipinski definition) is 7. The summed E-state index contributed by atoms with van der Waals surface area (Å²) in [7, 11) is 0. The van der Waals surface area contributed by atoms with Gasteiger partial charge in [-0.25, -0.2) is 9.37 Å². The lowest BCUT2D eigenvalue weighted by molar-refractivity contribution is 0.437.